The smallest absolute Gasteiger partial charge is 0.291 e. The molecule has 0 bridgehead atoms. The number of aliphatic hydroxyl groups excluding tert-OH is 1. The molecule has 578 valence electrons. The molecule has 12 amide bonds. The van der Waals surface area contributed by atoms with Gasteiger partial charge in [0.1, 0.15) is 29.0 Å². The molecule has 8 aromatic heterocycles. The first kappa shape index (κ1) is 81.5. The Balaban J connectivity index is 0.680. The molecule has 0 radical (unpaired) electrons. The van der Waals surface area contributed by atoms with Crippen molar-refractivity contribution in [2.75, 3.05) is 102 Å². The molecule has 8 heterocycles. The van der Waals surface area contributed by atoms with Crippen molar-refractivity contribution in [2.45, 2.75) is 64.0 Å². The molecule has 1 unspecified atom stereocenters. The van der Waals surface area contributed by atoms with Crippen molar-refractivity contribution in [3.63, 3.8) is 0 Å². The number of carbonyl (C=O) groups excluding carboxylic acids is 12. The largest absolute Gasteiger partial charge is 0.379 e. The van der Waals surface area contributed by atoms with E-state index in [-0.39, 0.29) is 139 Å². The highest BCUT2D eigenvalue weighted by molar-refractivity contribution is 7.80. The molecule has 39 nitrogen and oxygen atoms in total. The Bertz CT molecular complexity index is 4580. The van der Waals surface area contributed by atoms with Crippen LogP contribution in [0.1, 0.15) is 142 Å². The van der Waals surface area contributed by atoms with E-state index in [9.17, 15) is 62.6 Å². The molecule has 0 fully saturated rings. The molecule has 0 saturated carbocycles. The SMILES string of the molecule is Cn1cc(NC(=O)c2nc(NC(=O)CCNC(=O)c3cc(NC(=O)c4nccn4C)cn3C)cn2C)cc1C(=O)NCCCC(=O)Nc1cn(C)c(C(=O)Nc2cc(C(=O)NCCC(=O)Nc3cn(C)c(C(=O)Nc4cc(C(=O)NCC[C@@H](O)NCCC[NH+](C)CCCCNC(=O)CCS)n(C)c4)n3)n(C)c2)n1. The van der Waals surface area contributed by atoms with Gasteiger partial charge in [-0.2, -0.15) is 12.6 Å². The molecule has 8 rings (SSSR count). The van der Waals surface area contributed by atoms with Crippen molar-refractivity contribution < 1.29 is 67.5 Å². The third-order valence-electron chi connectivity index (χ3n) is 16.7. The molecular formula is C68H93N26O13S+. The van der Waals surface area contributed by atoms with Gasteiger partial charge in [-0.3, -0.25) is 62.9 Å². The summed E-state index contributed by atoms with van der Waals surface area (Å²) in [5.41, 5.74) is 2.05. The van der Waals surface area contributed by atoms with Crippen molar-refractivity contribution in [1.29, 1.82) is 0 Å². The highest BCUT2D eigenvalue weighted by Gasteiger charge is 2.25. The maximum Gasteiger partial charge on any atom is 0.291 e. The maximum atomic E-state index is 13.4. The topological polar surface area (TPSA) is 477 Å². The standard InChI is InChI=1S/C68H92N26O13S/c1-86(26-11-10-19-69-53(96)18-29-108)27-13-21-70-52(95)15-22-73-62(101)47-32-43(36-90(47)5)79-68(107)60-85-51(40-94(60)9)82-56(99)17-24-75-64(103)48-33-44(37-91(48)6)78-66(105)58-83-49(38-92(58)7)80-54(97)14-12-20-72-61(100)45-31-42(35-88(45)3)77-67(106)59-84-50(39-93(59)8)81-55(98)16-23-74-63(102)46-30-41(34-89(46)4)76-65(104)57-71-25-28-87(57)2/h25,28,30-40,52,70,95,108H,10-24,26-27,29H2,1-9H3,(H,69,96)(H,72,100)(H,73,101)(H,74,102)(H,75,103)(H,76,104)(H,77,106)(H,78,105)(H,79,107)(H,80,97)(H,81,98)(H,82,99)/p+1/t52-/m1/s1. The minimum absolute atomic E-state index is 0.0187. The summed E-state index contributed by atoms with van der Waals surface area (Å²) in [7, 11) is 14.9. The Labute approximate surface area is 625 Å². The van der Waals surface area contributed by atoms with Gasteiger partial charge < -0.3 is 110 Å². The van der Waals surface area contributed by atoms with E-state index < -0.39 is 71.2 Å². The van der Waals surface area contributed by atoms with E-state index >= 15 is 0 Å². The molecule has 2 atom stereocenters. The predicted molar refractivity (Wildman–Crippen MR) is 401 cm³/mol. The van der Waals surface area contributed by atoms with E-state index in [0.717, 1.165) is 32.4 Å². The van der Waals surface area contributed by atoms with Crippen LogP contribution >= 0.6 is 12.6 Å². The number of quaternary nitrogens is 1. The number of hydrogen-bond donors (Lipinski definition) is 16. The van der Waals surface area contributed by atoms with Gasteiger partial charge >= 0.3 is 0 Å². The number of anilines is 7. The highest BCUT2D eigenvalue weighted by Crippen LogP contribution is 2.21. The zero-order valence-electron chi connectivity index (χ0n) is 61.5. The first-order chi connectivity index (χ1) is 51.5. The number of amides is 12. The van der Waals surface area contributed by atoms with E-state index in [2.05, 4.69) is 109 Å². The van der Waals surface area contributed by atoms with Crippen molar-refractivity contribution in [3.05, 3.63) is 126 Å². The van der Waals surface area contributed by atoms with Gasteiger partial charge in [-0.05, 0) is 49.3 Å². The fraction of sp³-hybridized carbons (Fsp3) is 0.412. The summed E-state index contributed by atoms with van der Waals surface area (Å²) in [5.74, 6) is -4.94. The van der Waals surface area contributed by atoms with Crippen LogP contribution in [-0.2, 0) is 75.6 Å². The van der Waals surface area contributed by atoms with Crippen molar-refractivity contribution in [2.24, 2.45) is 56.4 Å². The van der Waals surface area contributed by atoms with Crippen LogP contribution in [-0.4, -0.2) is 204 Å². The molecule has 108 heavy (non-hydrogen) atoms. The molecule has 0 aliphatic heterocycles. The van der Waals surface area contributed by atoms with Gasteiger partial charge in [0.15, 0.2) is 23.3 Å². The quantitative estimate of drug-likeness (QED) is 0.0134. The second-order valence-corrected chi connectivity index (χ2v) is 26.1. The van der Waals surface area contributed by atoms with Crippen LogP contribution in [0.25, 0.3) is 0 Å². The van der Waals surface area contributed by atoms with Gasteiger partial charge in [0, 0.05) is 190 Å². The van der Waals surface area contributed by atoms with E-state index in [4.69, 9.17) is 0 Å². The molecular weight excluding hydrogens is 1420 g/mol. The highest BCUT2D eigenvalue weighted by atomic mass is 32.1. The van der Waals surface area contributed by atoms with E-state index in [1.807, 2.05) is 0 Å². The second-order valence-electron chi connectivity index (χ2n) is 25.6. The first-order valence-corrected chi connectivity index (χ1v) is 35.3. The van der Waals surface area contributed by atoms with Crippen LogP contribution in [0.5, 0.6) is 0 Å². The van der Waals surface area contributed by atoms with Gasteiger partial charge in [0.2, 0.25) is 41.1 Å². The number of imidazole rings is 4. The number of nitrogens with zero attached hydrogens (tertiary/aromatic N) is 12. The molecule has 15 N–H and O–H groups in total. The zero-order chi connectivity index (χ0) is 78.3. The lowest BCUT2D eigenvalue weighted by molar-refractivity contribution is -0.879. The van der Waals surface area contributed by atoms with E-state index in [0.29, 0.717) is 36.6 Å². The monoisotopic (exact) mass is 1510 g/mol. The van der Waals surface area contributed by atoms with Crippen LogP contribution < -0.4 is 74.0 Å². The van der Waals surface area contributed by atoms with Crippen molar-refractivity contribution in [3.8, 4) is 0 Å². The van der Waals surface area contributed by atoms with Crippen LogP contribution in [0.3, 0.4) is 0 Å². The number of aliphatic hydroxyl groups is 1. The van der Waals surface area contributed by atoms with Crippen LogP contribution in [0.4, 0.5) is 40.2 Å². The Kier molecular flexibility index (Phi) is 29.2. The summed E-state index contributed by atoms with van der Waals surface area (Å²) in [6.45, 7) is 3.31. The number of aryl methyl sites for hydroxylation is 8. The van der Waals surface area contributed by atoms with Crippen molar-refractivity contribution >= 4 is 124 Å². The summed E-state index contributed by atoms with van der Waals surface area (Å²) >= 11 is 4.07. The maximum absolute atomic E-state index is 13.4. The molecule has 8 aromatic rings. The van der Waals surface area contributed by atoms with Crippen LogP contribution in [0.2, 0.25) is 0 Å². The third-order valence-corrected chi connectivity index (χ3v) is 17.0. The van der Waals surface area contributed by atoms with Crippen LogP contribution in [0.15, 0.2) is 80.0 Å². The predicted octanol–water partition coefficient (Wildman–Crippen LogP) is -0.201. The number of unbranched alkanes of at least 4 members (excludes halogenated alkanes) is 1. The Morgan fingerprint density at radius 2 is 0.759 bits per heavy atom. The normalized spacial score (nSPS) is 11.6. The Morgan fingerprint density at radius 1 is 0.389 bits per heavy atom. The fourth-order valence-corrected chi connectivity index (χ4v) is 11.4. The second kappa shape index (κ2) is 38.7. The molecule has 0 aromatic carbocycles. The number of hydrogen-bond acceptors (Lipinski definition) is 19. The number of aromatic nitrogens is 12. The van der Waals surface area contributed by atoms with Gasteiger partial charge in [0.25, 0.3) is 47.3 Å². The lowest BCUT2D eigenvalue weighted by Crippen LogP contribution is -3.09. The summed E-state index contributed by atoms with van der Waals surface area (Å²) in [5, 5.41) is 46.0. The molecule has 40 heteroatoms. The van der Waals surface area contributed by atoms with Gasteiger partial charge in [0.05, 0.1) is 42.9 Å². The zero-order valence-corrected chi connectivity index (χ0v) is 62.4. The molecule has 0 aliphatic rings. The number of carbonyl (C=O) groups is 12. The van der Waals surface area contributed by atoms with Gasteiger partial charge in [-0.1, -0.05) is 0 Å². The molecule has 0 spiro atoms. The number of thiol groups is 1. The summed E-state index contributed by atoms with van der Waals surface area (Å²) < 4.78 is 11.8. The number of rotatable bonds is 40. The third kappa shape index (κ3) is 23.7. The minimum atomic E-state index is -0.820. The van der Waals surface area contributed by atoms with E-state index in [1.54, 1.807) is 84.1 Å². The average Bonchev–Trinajstić information content (AvgIpc) is 1.70. The minimum Gasteiger partial charge on any atom is -0.379 e. The van der Waals surface area contributed by atoms with Crippen molar-refractivity contribution in [1.82, 2.24) is 88.4 Å². The summed E-state index contributed by atoms with van der Waals surface area (Å²) in [6, 6.07) is 5.87. The van der Waals surface area contributed by atoms with Gasteiger partial charge in [-0.25, -0.2) is 19.9 Å². The van der Waals surface area contributed by atoms with Crippen LogP contribution in [0, 0.1) is 0 Å². The Morgan fingerprint density at radius 3 is 1.16 bits per heavy atom. The summed E-state index contributed by atoms with van der Waals surface area (Å²) in [6.07, 6.45) is 16.1. The molecule has 0 saturated heterocycles. The lowest BCUT2D eigenvalue weighted by Gasteiger charge is -2.16. The first-order valence-electron chi connectivity index (χ1n) is 34.6. The van der Waals surface area contributed by atoms with Gasteiger partial charge in [-0.15, -0.1) is 0 Å². The fourth-order valence-electron chi connectivity index (χ4n) is 11.2. The molecule has 0 aliphatic carbocycles. The Hall–Kier alpha value is -12.2. The lowest BCUT2D eigenvalue weighted by atomic mass is 10.2. The van der Waals surface area contributed by atoms with E-state index in [1.165, 1.54) is 93.7 Å². The number of nitrogens with one attached hydrogen (secondary N) is 14. The summed E-state index contributed by atoms with van der Waals surface area (Å²) in [4.78, 5) is 174. The average molecular weight is 1510 g/mol.